The maximum absolute atomic E-state index is 2.40. The molecule has 0 aliphatic rings. The fourth-order valence-electron chi connectivity index (χ4n) is 3.52. The third kappa shape index (κ3) is 4.62. The zero-order valence-electron chi connectivity index (χ0n) is 18.7. The number of hydrogen-bond acceptors (Lipinski definition) is 2. The van der Waals surface area contributed by atoms with Gasteiger partial charge in [0.25, 0.3) is 0 Å². The number of hydrogen-bond donors (Lipinski definition) is 0. The van der Waals surface area contributed by atoms with E-state index in [1.54, 1.807) is 0 Å². The van der Waals surface area contributed by atoms with E-state index in [-0.39, 0.29) is 0 Å². The lowest BCUT2D eigenvalue weighted by Gasteiger charge is -2.16. The van der Waals surface area contributed by atoms with E-state index in [4.69, 9.17) is 0 Å². The molecule has 0 aliphatic heterocycles. The monoisotopic (exact) mass is 462 g/mol. The first-order chi connectivity index (χ1) is 14.1. The quantitative estimate of drug-likeness (QED) is 0.264. The van der Waals surface area contributed by atoms with Crippen molar-refractivity contribution in [1.82, 2.24) is 0 Å². The molecule has 154 valence electrons. The number of rotatable bonds is 5. The number of benzene rings is 2. The Hall–Kier alpha value is -1.73. The van der Waals surface area contributed by atoms with Gasteiger partial charge in [-0.1, -0.05) is 98.2 Å². The lowest BCUT2D eigenvalue weighted by Crippen LogP contribution is -2.37. The molecule has 2 aromatic carbocycles. The van der Waals surface area contributed by atoms with E-state index >= 15 is 0 Å². The fourth-order valence-corrected chi connectivity index (χ4v) is 7.97. The minimum Gasteiger partial charge on any atom is -0.134 e. The molecule has 0 amide bonds. The van der Waals surface area contributed by atoms with Crippen LogP contribution in [-0.2, 0) is 0 Å². The molecule has 0 N–H and O–H groups in total. The molecule has 4 aromatic rings. The van der Waals surface area contributed by atoms with Crippen molar-refractivity contribution < 1.29 is 0 Å². The van der Waals surface area contributed by atoms with Gasteiger partial charge >= 0.3 is 0 Å². The Bertz CT molecular complexity index is 1040. The summed E-state index contributed by atoms with van der Waals surface area (Å²) in [5, 5.41) is 3.04. The zero-order valence-corrected chi connectivity index (χ0v) is 22.4. The average Bonchev–Trinajstić information content (AvgIpc) is 3.36. The fraction of sp³-hybridized carbons (Fsp3) is 0.231. The van der Waals surface area contributed by atoms with Gasteiger partial charge in [-0.2, -0.15) is 0 Å². The van der Waals surface area contributed by atoms with Gasteiger partial charge in [0.15, 0.2) is 0 Å². The van der Waals surface area contributed by atoms with Crippen LogP contribution in [0.4, 0.5) is 0 Å². The van der Waals surface area contributed by atoms with Crippen LogP contribution in [0.25, 0.3) is 30.6 Å². The van der Waals surface area contributed by atoms with Crippen molar-refractivity contribution in [3.8, 4) is 30.6 Å². The van der Waals surface area contributed by atoms with Crippen molar-refractivity contribution >= 4 is 49.2 Å². The molecule has 4 heteroatoms. The van der Waals surface area contributed by atoms with Crippen LogP contribution >= 0.6 is 22.7 Å². The van der Waals surface area contributed by atoms with E-state index in [1.165, 1.54) is 41.0 Å². The van der Waals surface area contributed by atoms with Crippen LogP contribution in [0.15, 0.2) is 72.8 Å². The molecule has 0 radical (unpaired) electrons. The summed E-state index contributed by atoms with van der Waals surface area (Å²) < 4.78 is 0. The smallest absolute Gasteiger partial charge is 0.0775 e. The summed E-state index contributed by atoms with van der Waals surface area (Å²) in [6.45, 7) is 14.4. The maximum Gasteiger partial charge on any atom is 0.0775 e. The van der Waals surface area contributed by atoms with Crippen molar-refractivity contribution in [3.05, 3.63) is 72.8 Å². The van der Waals surface area contributed by atoms with Crippen LogP contribution in [0.3, 0.4) is 0 Å². The topological polar surface area (TPSA) is 0 Å². The Labute approximate surface area is 191 Å². The third-order valence-electron chi connectivity index (χ3n) is 5.53. The summed E-state index contributed by atoms with van der Waals surface area (Å²) in [6, 6.07) is 27.6. The predicted octanol–water partition coefficient (Wildman–Crippen LogP) is 7.90. The minimum atomic E-state index is -1.24. The largest absolute Gasteiger partial charge is 0.134 e. The zero-order chi connectivity index (χ0) is 21.5. The number of thiophene rings is 2. The van der Waals surface area contributed by atoms with Gasteiger partial charge in [-0.3, -0.25) is 0 Å². The molecule has 4 rings (SSSR count). The van der Waals surface area contributed by atoms with Crippen molar-refractivity contribution in [3.63, 3.8) is 0 Å². The predicted molar refractivity (Wildman–Crippen MR) is 144 cm³/mol. The van der Waals surface area contributed by atoms with Crippen molar-refractivity contribution in [2.75, 3.05) is 0 Å². The van der Waals surface area contributed by atoms with Gasteiger partial charge in [-0.05, 0) is 35.4 Å². The molecule has 0 spiro atoms. The highest BCUT2D eigenvalue weighted by atomic mass is 32.1. The van der Waals surface area contributed by atoms with Crippen molar-refractivity contribution in [1.29, 1.82) is 0 Å². The summed E-state index contributed by atoms with van der Waals surface area (Å²) in [6.07, 6.45) is 0. The van der Waals surface area contributed by atoms with Gasteiger partial charge in [-0.25, -0.2) is 0 Å². The van der Waals surface area contributed by atoms with E-state index in [9.17, 15) is 0 Å². The lowest BCUT2D eigenvalue weighted by molar-refractivity contribution is 1.67. The van der Waals surface area contributed by atoms with Gasteiger partial charge in [0.05, 0.1) is 16.1 Å². The van der Waals surface area contributed by atoms with Crippen LogP contribution in [0.1, 0.15) is 0 Å². The van der Waals surface area contributed by atoms with Crippen LogP contribution in [0.2, 0.25) is 39.3 Å². The van der Waals surface area contributed by atoms with E-state index in [2.05, 4.69) is 112 Å². The minimum absolute atomic E-state index is 1.24. The summed E-state index contributed by atoms with van der Waals surface area (Å²) in [7, 11) is -2.48. The molecule has 0 unspecified atom stereocenters. The van der Waals surface area contributed by atoms with E-state index < -0.39 is 16.1 Å². The summed E-state index contributed by atoms with van der Waals surface area (Å²) in [5.41, 5.74) is 2.65. The Morgan fingerprint density at radius 1 is 0.400 bits per heavy atom. The second-order valence-corrected chi connectivity index (χ2v) is 22.3. The summed E-state index contributed by atoms with van der Waals surface area (Å²) in [5.74, 6) is 0. The van der Waals surface area contributed by atoms with E-state index in [0.29, 0.717) is 0 Å². The molecular formula is C26H30S2Si2. The third-order valence-corrected chi connectivity index (χ3v) is 12.1. The maximum atomic E-state index is 2.40. The average molecular weight is 463 g/mol. The first-order valence-corrected chi connectivity index (χ1v) is 19.2. The van der Waals surface area contributed by atoms with Crippen molar-refractivity contribution in [2.45, 2.75) is 39.3 Å². The van der Waals surface area contributed by atoms with Crippen molar-refractivity contribution in [2.24, 2.45) is 0 Å². The van der Waals surface area contributed by atoms with Crippen LogP contribution in [0.5, 0.6) is 0 Å². The van der Waals surface area contributed by atoms with Crippen LogP contribution in [-0.4, -0.2) is 16.1 Å². The highest BCUT2D eigenvalue weighted by molar-refractivity contribution is 7.25. The molecule has 0 saturated carbocycles. The van der Waals surface area contributed by atoms with E-state index in [0.717, 1.165) is 0 Å². The second-order valence-electron chi connectivity index (χ2n) is 9.98. The highest BCUT2D eigenvalue weighted by Gasteiger charge is 2.17. The standard InChI is InChI=1S/C26H30S2Si2/c1-29(2,3)21-11-7-19(8-12-21)23-15-17-25(27-23)26-18-16-24(28-26)20-9-13-22(14-10-20)30(4,5)6/h7-18H,1-6H3. The summed E-state index contributed by atoms with van der Waals surface area (Å²) >= 11 is 3.79. The molecule has 2 heterocycles. The normalized spacial score (nSPS) is 12.3. The SMILES string of the molecule is C[Si](C)(C)c1ccc(-c2ccc(-c3ccc(-c4ccc([Si](C)(C)C)cc4)s3)s2)cc1. The molecule has 0 nitrogen and oxygen atoms in total. The Morgan fingerprint density at radius 3 is 1.00 bits per heavy atom. The molecule has 0 saturated heterocycles. The van der Waals surface area contributed by atoms with Gasteiger partial charge in [0.2, 0.25) is 0 Å². The van der Waals surface area contributed by atoms with Gasteiger partial charge in [-0.15, -0.1) is 22.7 Å². The first-order valence-electron chi connectivity index (χ1n) is 10.5. The van der Waals surface area contributed by atoms with Gasteiger partial charge < -0.3 is 0 Å². The summed E-state index contributed by atoms with van der Waals surface area (Å²) in [4.78, 5) is 5.41. The highest BCUT2D eigenvalue weighted by Crippen LogP contribution is 2.40. The molecule has 2 aromatic heterocycles. The molecule has 0 fully saturated rings. The Kier molecular flexibility index (Phi) is 5.79. The van der Waals surface area contributed by atoms with Gasteiger partial charge in [0.1, 0.15) is 0 Å². The van der Waals surface area contributed by atoms with Crippen LogP contribution < -0.4 is 10.4 Å². The van der Waals surface area contributed by atoms with E-state index in [1.807, 2.05) is 22.7 Å². The van der Waals surface area contributed by atoms with Crippen LogP contribution in [0, 0.1) is 0 Å². The molecular weight excluding hydrogens is 433 g/mol. The lowest BCUT2D eigenvalue weighted by atomic mass is 10.2. The molecule has 0 bridgehead atoms. The Morgan fingerprint density at radius 2 is 0.700 bits per heavy atom. The van der Waals surface area contributed by atoms with Gasteiger partial charge in [0, 0.05) is 19.5 Å². The first kappa shape index (κ1) is 21.5. The Balaban J connectivity index is 1.56. The molecule has 30 heavy (non-hydrogen) atoms. The second kappa shape index (κ2) is 8.08. The molecule has 0 atom stereocenters. The molecule has 0 aliphatic carbocycles.